The molecule has 0 saturated heterocycles. The maximum absolute atomic E-state index is 13.7. The molecule has 1 aliphatic rings. The Hall–Kier alpha value is -7.32. The number of carbonyl (C=O) groups is 2. The molecule has 0 spiro atoms. The molecule has 7 aromatic rings. The van der Waals surface area contributed by atoms with E-state index >= 15 is 0 Å². The second kappa shape index (κ2) is 23.3. The number of ether oxygens (including phenoxy) is 2. The molecule has 8 rings (SSSR count). The highest BCUT2D eigenvalue weighted by Gasteiger charge is 2.41. The van der Waals surface area contributed by atoms with E-state index in [0.29, 0.717) is 55.3 Å². The number of nitrogens with zero attached hydrogens (tertiary/aromatic N) is 2. The number of nitrogens with one attached hydrogen (secondary N) is 2. The molecule has 8 nitrogen and oxygen atoms in total. The van der Waals surface area contributed by atoms with E-state index in [0.717, 1.165) is 59.4 Å². The van der Waals surface area contributed by atoms with Gasteiger partial charge in [-0.2, -0.15) is 5.11 Å². The van der Waals surface area contributed by atoms with Crippen molar-refractivity contribution in [1.82, 2.24) is 5.32 Å². The lowest BCUT2D eigenvalue weighted by molar-refractivity contribution is -0.121. The van der Waals surface area contributed by atoms with Gasteiger partial charge in [-0.05, 0) is 106 Å². The molecule has 382 valence electrons. The molecule has 0 atom stereocenters. The van der Waals surface area contributed by atoms with Crippen LogP contribution in [0.25, 0.3) is 0 Å². The van der Waals surface area contributed by atoms with Gasteiger partial charge in [-0.3, -0.25) is 9.59 Å². The van der Waals surface area contributed by atoms with Crippen molar-refractivity contribution in [3.8, 4) is 17.2 Å². The molecule has 74 heavy (non-hydrogen) atoms. The third-order valence-corrected chi connectivity index (χ3v) is 14.4. The van der Waals surface area contributed by atoms with Crippen molar-refractivity contribution < 1.29 is 19.1 Å². The molecule has 0 radical (unpaired) electrons. The van der Waals surface area contributed by atoms with E-state index in [-0.39, 0.29) is 29.1 Å². The van der Waals surface area contributed by atoms with Crippen LogP contribution in [-0.2, 0) is 31.2 Å². The Bertz CT molecular complexity index is 2910. The van der Waals surface area contributed by atoms with Gasteiger partial charge in [0, 0.05) is 35.9 Å². The average Bonchev–Trinajstić information content (AvgIpc) is 3.41. The highest BCUT2D eigenvalue weighted by molar-refractivity contribution is 5.93. The van der Waals surface area contributed by atoms with E-state index in [2.05, 4.69) is 205 Å². The summed E-state index contributed by atoms with van der Waals surface area (Å²) in [6, 6.07) is 59.0. The number of benzene rings is 7. The fraction of sp³-hybridized carbons (Fsp3) is 0.333. The number of azo groups is 1. The van der Waals surface area contributed by atoms with Gasteiger partial charge < -0.3 is 20.1 Å². The zero-order chi connectivity index (χ0) is 52.4. The molecule has 0 bridgehead atoms. The first-order valence-electron chi connectivity index (χ1n) is 26.5. The summed E-state index contributed by atoms with van der Waals surface area (Å²) in [5, 5.41) is 15.7. The summed E-state index contributed by atoms with van der Waals surface area (Å²) in [6.07, 6.45) is 5.72. The Morgan fingerprint density at radius 3 is 1.55 bits per heavy atom. The highest BCUT2D eigenvalue weighted by Crippen LogP contribution is 2.56. The topological polar surface area (TPSA) is 101 Å². The molecule has 2 amide bonds. The van der Waals surface area contributed by atoms with Crippen LogP contribution in [0.15, 0.2) is 180 Å². The van der Waals surface area contributed by atoms with Crippen LogP contribution in [0.5, 0.6) is 17.2 Å². The first kappa shape index (κ1) is 53.0. The Balaban J connectivity index is 0.800. The molecule has 8 heteroatoms. The lowest BCUT2D eigenvalue weighted by Gasteiger charge is -2.38. The van der Waals surface area contributed by atoms with Gasteiger partial charge in [0.15, 0.2) is 11.5 Å². The van der Waals surface area contributed by atoms with E-state index in [1.54, 1.807) is 0 Å². The van der Waals surface area contributed by atoms with Crippen molar-refractivity contribution >= 4 is 28.9 Å². The fourth-order valence-corrected chi connectivity index (χ4v) is 10.0. The summed E-state index contributed by atoms with van der Waals surface area (Å²) in [5.74, 6) is 2.02. The van der Waals surface area contributed by atoms with Crippen LogP contribution in [0.3, 0.4) is 0 Å². The lowest BCUT2D eigenvalue weighted by Crippen LogP contribution is -2.30. The number of rotatable bonds is 20. The summed E-state index contributed by atoms with van der Waals surface area (Å²) < 4.78 is 13.1. The van der Waals surface area contributed by atoms with Gasteiger partial charge in [0.1, 0.15) is 11.4 Å². The number of anilines is 1. The smallest absolute Gasteiger partial charge is 0.224 e. The Morgan fingerprint density at radius 2 is 1.00 bits per heavy atom. The fourth-order valence-electron chi connectivity index (χ4n) is 10.0. The number of hydrogen-bond acceptors (Lipinski definition) is 6. The van der Waals surface area contributed by atoms with E-state index in [1.807, 2.05) is 36.4 Å². The highest BCUT2D eigenvalue weighted by atomic mass is 16.5. The second-order valence-electron chi connectivity index (χ2n) is 22.3. The van der Waals surface area contributed by atoms with E-state index in [1.165, 1.54) is 22.3 Å². The van der Waals surface area contributed by atoms with Crippen molar-refractivity contribution in [1.29, 1.82) is 0 Å². The second-order valence-corrected chi connectivity index (χ2v) is 22.3. The van der Waals surface area contributed by atoms with Gasteiger partial charge >= 0.3 is 0 Å². The minimum Gasteiger partial charge on any atom is -0.494 e. The Kier molecular flexibility index (Phi) is 16.7. The summed E-state index contributed by atoms with van der Waals surface area (Å²) in [7, 11) is 0. The van der Waals surface area contributed by atoms with Crippen LogP contribution in [0, 0.1) is 0 Å². The molecule has 1 heterocycles. The summed E-state index contributed by atoms with van der Waals surface area (Å²) in [4.78, 5) is 26.5. The van der Waals surface area contributed by atoms with Crippen LogP contribution in [0.1, 0.15) is 151 Å². The molecule has 0 unspecified atom stereocenters. The average molecular weight is 987 g/mol. The summed E-state index contributed by atoms with van der Waals surface area (Å²) in [6.45, 7) is 18.8. The molecule has 0 aliphatic carbocycles. The number of fused-ring (bicyclic) bond motifs is 2. The predicted molar refractivity (Wildman–Crippen MR) is 302 cm³/mol. The maximum atomic E-state index is 13.7. The summed E-state index contributed by atoms with van der Waals surface area (Å²) in [5.41, 5.74) is 9.80. The van der Waals surface area contributed by atoms with Gasteiger partial charge in [0.2, 0.25) is 11.8 Å². The molecule has 2 N–H and O–H groups in total. The quantitative estimate of drug-likeness (QED) is 0.0451. The SMILES string of the molecule is CC(C)(C)c1cc(N=Nc2ccccc2)c2c(c1)C(C)(C)c1cc(C(C)(C)C)cc(NC(=O)CCCCC(=O)NCCCCCCOc3ccc(C(c4ccccc4)(c4ccccc4)c4ccccc4)cc3)c1O2. The molecule has 0 aromatic heterocycles. The monoisotopic (exact) mass is 987 g/mol. The molecule has 0 saturated carbocycles. The minimum atomic E-state index is -0.487. The van der Waals surface area contributed by atoms with Gasteiger partial charge in [-0.1, -0.05) is 202 Å². The standard InChI is InChI=1S/C66H74N4O4/c1-63(2,3)51-43-55-61(74-62-56(65(55,7)8)44-52(64(4,5)6)46-58(62)70-69-53-33-21-14-22-34-53)57(45-51)68-60(72)36-24-23-35-59(71)67-41-25-9-10-26-42-73-54-39-37-50(38-40-54)66(47-27-15-11-16-28-47,48-29-17-12-18-30-48)49-31-19-13-20-32-49/h11-22,27-34,37-40,43-46H,9-10,23-26,35-36,41-42H2,1-8H3,(H,67,71)(H,68,72). The van der Waals surface area contributed by atoms with Crippen LogP contribution < -0.4 is 20.1 Å². The van der Waals surface area contributed by atoms with Crippen LogP contribution in [-0.4, -0.2) is 25.0 Å². The Morgan fingerprint density at radius 1 is 0.514 bits per heavy atom. The zero-order valence-electron chi connectivity index (χ0n) is 44.8. The zero-order valence-corrected chi connectivity index (χ0v) is 44.8. The largest absolute Gasteiger partial charge is 0.494 e. The van der Waals surface area contributed by atoms with Crippen LogP contribution in [0.2, 0.25) is 0 Å². The van der Waals surface area contributed by atoms with Crippen molar-refractivity contribution in [3.63, 3.8) is 0 Å². The minimum absolute atomic E-state index is 0.0177. The molecule has 0 fully saturated rings. The van der Waals surface area contributed by atoms with Gasteiger partial charge in [0.05, 0.1) is 23.4 Å². The molecular weight excluding hydrogens is 913 g/mol. The Labute approximate surface area is 440 Å². The normalized spacial score (nSPS) is 13.1. The lowest BCUT2D eigenvalue weighted by atomic mass is 9.65. The number of carbonyl (C=O) groups excluding carboxylic acids is 2. The van der Waals surface area contributed by atoms with Crippen molar-refractivity contribution in [2.45, 2.75) is 128 Å². The predicted octanol–water partition coefficient (Wildman–Crippen LogP) is 16.8. The van der Waals surface area contributed by atoms with Gasteiger partial charge in [-0.25, -0.2) is 0 Å². The summed E-state index contributed by atoms with van der Waals surface area (Å²) >= 11 is 0. The molecule has 7 aromatic carbocycles. The molecule has 1 aliphatic heterocycles. The maximum Gasteiger partial charge on any atom is 0.224 e. The number of amides is 2. The van der Waals surface area contributed by atoms with E-state index in [9.17, 15) is 9.59 Å². The third kappa shape index (κ3) is 12.4. The third-order valence-electron chi connectivity index (χ3n) is 14.4. The van der Waals surface area contributed by atoms with Gasteiger partial charge in [-0.15, -0.1) is 5.11 Å². The van der Waals surface area contributed by atoms with Crippen molar-refractivity contribution in [2.75, 3.05) is 18.5 Å². The van der Waals surface area contributed by atoms with Crippen molar-refractivity contribution in [3.05, 3.63) is 214 Å². The van der Waals surface area contributed by atoms with Gasteiger partial charge in [0.25, 0.3) is 0 Å². The van der Waals surface area contributed by atoms with Crippen LogP contribution in [0.4, 0.5) is 17.1 Å². The van der Waals surface area contributed by atoms with E-state index in [4.69, 9.17) is 14.6 Å². The molecular formula is C66H74N4O4. The number of hydrogen-bond donors (Lipinski definition) is 2. The van der Waals surface area contributed by atoms with E-state index < -0.39 is 10.8 Å². The first-order chi connectivity index (χ1) is 35.5. The first-order valence-corrected chi connectivity index (χ1v) is 26.5. The van der Waals surface area contributed by atoms with Crippen LogP contribution >= 0.6 is 0 Å². The number of unbranched alkanes of at least 4 members (excludes halogenated alkanes) is 4. The van der Waals surface area contributed by atoms with Crippen molar-refractivity contribution in [2.24, 2.45) is 10.2 Å².